The summed E-state index contributed by atoms with van der Waals surface area (Å²) in [6.45, 7) is 0.832. The smallest absolute Gasteiger partial charge is 0.263 e. The number of ketones is 1. The second-order valence-electron chi connectivity index (χ2n) is 6.95. The second-order valence-corrected chi connectivity index (χ2v) is 9.42. The molecule has 0 atom stereocenters. The van der Waals surface area contributed by atoms with Crippen molar-refractivity contribution in [3.8, 4) is 0 Å². The number of hydrogen-bond acceptors (Lipinski definition) is 6. The lowest BCUT2D eigenvalue weighted by Gasteiger charge is -2.13. The minimum atomic E-state index is -0.0234. The predicted molar refractivity (Wildman–Crippen MR) is 119 cm³/mol. The van der Waals surface area contributed by atoms with Gasteiger partial charge in [0.25, 0.3) is 5.56 Å². The largest absolute Gasteiger partial charge is 0.383 e. The van der Waals surface area contributed by atoms with E-state index >= 15 is 0 Å². The molecule has 0 aliphatic heterocycles. The van der Waals surface area contributed by atoms with Crippen molar-refractivity contribution < 1.29 is 9.53 Å². The Labute approximate surface area is 182 Å². The molecule has 152 valence electrons. The number of ether oxygens (including phenoxy) is 1. The second kappa shape index (κ2) is 9.00. The van der Waals surface area contributed by atoms with Gasteiger partial charge in [0.2, 0.25) is 0 Å². The molecule has 1 aromatic carbocycles. The van der Waals surface area contributed by atoms with Crippen LogP contribution in [0.25, 0.3) is 10.2 Å². The first kappa shape index (κ1) is 20.6. The highest BCUT2D eigenvalue weighted by Crippen LogP contribution is 2.34. The number of carbonyl (C=O) groups excluding carboxylic acids is 1. The summed E-state index contributed by atoms with van der Waals surface area (Å²) in [5, 5.41) is 1.92. The molecule has 2 aromatic heterocycles. The fourth-order valence-corrected chi connectivity index (χ4v) is 5.91. The van der Waals surface area contributed by atoms with Gasteiger partial charge in [0.1, 0.15) is 4.83 Å². The zero-order valence-electron chi connectivity index (χ0n) is 16.1. The summed E-state index contributed by atoms with van der Waals surface area (Å²) in [5.41, 5.74) is 1.75. The van der Waals surface area contributed by atoms with Crippen molar-refractivity contribution >= 4 is 50.7 Å². The summed E-state index contributed by atoms with van der Waals surface area (Å²) in [6, 6.07) is 6.84. The number of rotatable bonds is 7. The minimum absolute atomic E-state index is 0.0205. The molecule has 0 radical (unpaired) electrons. The van der Waals surface area contributed by atoms with Crippen molar-refractivity contribution in [1.82, 2.24) is 9.55 Å². The molecule has 0 N–H and O–H groups in total. The van der Waals surface area contributed by atoms with Gasteiger partial charge < -0.3 is 4.74 Å². The van der Waals surface area contributed by atoms with Gasteiger partial charge in [-0.1, -0.05) is 23.4 Å². The molecule has 29 heavy (non-hydrogen) atoms. The molecule has 0 unspecified atom stereocenters. The van der Waals surface area contributed by atoms with E-state index in [4.69, 9.17) is 21.3 Å². The Balaban J connectivity index is 1.67. The summed E-state index contributed by atoms with van der Waals surface area (Å²) < 4.78 is 6.85. The third-order valence-corrected chi connectivity index (χ3v) is 7.47. The highest BCUT2D eigenvalue weighted by molar-refractivity contribution is 7.99. The van der Waals surface area contributed by atoms with Crippen LogP contribution in [0.1, 0.15) is 33.6 Å². The van der Waals surface area contributed by atoms with Crippen LogP contribution in [0.5, 0.6) is 0 Å². The van der Waals surface area contributed by atoms with E-state index in [0.29, 0.717) is 28.9 Å². The molecule has 0 saturated heterocycles. The molecule has 2 heterocycles. The number of nitrogens with zero attached hydrogens (tertiary/aromatic N) is 2. The van der Waals surface area contributed by atoms with E-state index in [2.05, 4.69) is 0 Å². The van der Waals surface area contributed by atoms with Crippen LogP contribution in [0, 0.1) is 0 Å². The predicted octanol–water partition coefficient (Wildman–Crippen LogP) is 4.61. The molecule has 0 spiro atoms. The standard InChI is InChI=1S/C21H21ClN2O3S2/c1-27-11-10-24-20(26)18-15-4-2-3-5-17(15)29-19(18)23-21(24)28-12-16(25)13-6-8-14(22)9-7-13/h6-9H,2-5,10-12H2,1H3. The average molecular weight is 449 g/mol. The van der Waals surface area contributed by atoms with Crippen LogP contribution in [0.15, 0.2) is 34.2 Å². The van der Waals surface area contributed by atoms with Crippen molar-refractivity contribution in [3.63, 3.8) is 0 Å². The van der Waals surface area contributed by atoms with E-state index in [-0.39, 0.29) is 17.1 Å². The molecule has 8 heteroatoms. The van der Waals surface area contributed by atoms with Crippen molar-refractivity contribution in [3.05, 3.63) is 55.6 Å². The van der Waals surface area contributed by atoms with Crippen molar-refractivity contribution in [2.24, 2.45) is 0 Å². The fraction of sp³-hybridized carbons (Fsp3) is 0.381. The molecule has 4 rings (SSSR count). The van der Waals surface area contributed by atoms with Crippen LogP contribution >= 0.6 is 34.7 Å². The molecule has 1 aliphatic carbocycles. The van der Waals surface area contributed by atoms with E-state index < -0.39 is 0 Å². The Morgan fingerprint density at radius 3 is 2.79 bits per heavy atom. The van der Waals surface area contributed by atoms with Crippen LogP contribution in [0.3, 0.4) is 0 Å². The molecule has 3 aromatic rings. The number of aromatic nitrogens is 2. The fourth-order valence-electron chi connectivity index (χ4n) is 3.56. The Morgan fingerprint density at radius 1 is 1.28 bits per heavy atom. The van der Waals surface area contributed by atoms with E-state index in [1.54, 1.807) is 47.3 Å². The van der Waals surface area contributed by atoms with Gasteiger partial charge >= 0.3 is 0 Å². The van der Waals surface area contributed by atoms with Crippen LogP contribution in [-0.4, -0.2) is 34.8 Å². The molecular weight excluding hydrogens is 428 g/mol. The highest BCUT2D eigenvalue weighted by Gasteiger charge is 2.22. The Bertz CT molecular complexity index is 1110. The first-order chi connectivity index (χ1) is 14.1. The van der Waals surface area contributed by atoms with Gasteiger partial charge in [-0.05, 0) is 55.5 Å². The summed E-state index contributed by atoms with van der Waals surface area (Å²) in [5.74, 6) is 0.183. The number of fused-ring (bicyclic) bond motifs is 3. The number of halogens is 1. The number of thiophene rings is 1. The molecule has 0 fully saturated rings. The maximum atomic E-state index is 13.3. The van der Waals surface area contributed by atoms with Crippen LogP contribution in [0.2, 0.25) is 5.02 Å². The number of thioether (sulfide) groups is 1. The molecule has 0 saturated carbocycles. The molecule has 1 aliphatic rings. The lowest BCUT2D eigenvalue weighted by molar-refractivity contribution is 0.102. The van der Waals surface area contributed by atoms with Crippen LogP contribution < -0.4 is 5.56 Å². The normalized spacial score (nSPS) is 13.6. The third kappa shape index (κ3) is 4.28. The zero-order valence-corrected chi connectivity index (χ0v) is 18.5. The average Bonchev–Trinajstić information content (AvgIpc) is 3.10. The van der Waals surface area contributed by atoms with Crippen LogP contribution in [-0.2, 0) is 24.1 Å². The summed E-state index contributed by atoms with van der Waals surface area (Å²) in [6.07, 6.45) is 4.24. The van der Waals surface area contributed by atoms with Gasteiger partial charge in [0.05, 0.1) is 24.3 Å². The van der Waals surface area contributed by atoms with Crippen molar-refractivity contribution in [1.29, 1.82) is 0 Å². The number of Topliss-reactive ketones (excluding diaryl/α,β-unsaturated/α-hetero) is 1. The quantitative estimate of drug-likeness (QED) is 0.300. The van der Waals surface area contributed by atoms with Gasteiger partial charge in [0, 0.05) is 22.6 Å². The number of aryl methyl sites for hydroxylation is 2. The summed E-state index contributed by atoms with van der Waals surface area (Å²) >= 11 is 8.82. The summed E-state index contributed by atoms with van der Waals surface area (Å²) in [4.78, 5) is 32.7. The monoisotopic (exact) mass is 448 g/mol. The van der Waals surface area contributed by atoms with Gasteiger partial charge in [-0.3, -0.25) is 14.2 Å². The van der Waals surface area contributed by atoms with Crippen molar-refractivity contribution in [2.45, 2.75) is 37.4 Å². The maximum absolute atomic E-state index is 13.3. The molecular formula is C21H21ClN2O3S2. The lowest BCUT2D eigenvalue weighted by Crippen LogP contribution is -2.26. The van der Waals surface area contributed by atoms with Crippen LogP contribution in [0.4, 0.5) is 0 Å². The number of benzene rings is 1. The Morgan fingerprint density at radius 2 is 2.03 bits per heavy atom. The molecule has 0 amide bonds. The first-order valence-corrected chi connectivity index (χ1v) is 11.7. The molecule has 0 bridgehead atoms. The highest BCUT2D eigenvalue weighted by atomic mass is 35.5. The van der Waals surface area contributed by atoms with E-state index in [0.717, 1.165) is 35.9 Å². The number of carbonyl (C=O) groups is 1. The van der Waals surface area contributed by atoms with Crippen molar-refractivity contribution in [2.75, 3.05) is 19.5 Å². The molecule has 5 nitrogen and oxygen atoms in total. The van der Waals surface area contributed by atoms with E-state index in [1.807, 2.05) is 0 Å². The van der Waals surface area contributed by atoms with E-state index in [9.17, 15) is 9.59 Å². The van der Waals surface area contributed by atoms with Gasteiger partial charge in [-0.15, -0.1) is 11.3 Å². The first-order valence-electron chi connectivity index (χ1n) is 9.54. The Kier molecular flexibility index (Phi) is 6.39. The number of hydrogen-bond donors (Lipinski definition) is 0. The SMILES string of the molecule is COCCn1c(SCC(=O)c2ccc(Cl)cc2)nc2sc3c(c2c1=O)CCCC3. The van der Waals surface area contributed by atoms with E-state index in [1.165, 1.54) is 22.2 Å². The lowest BCUT2D eigenvalue weighted by atomic mass is 9.97. The minimum Gasteiger partial charge on any atom is -0.383 e. The number of methoxy groups -OCH3 is 1. The zero-order chi connectivity index (χ0) is 20.4. The Hall–Kier alpha value is -1.67. The topological polar surface area (TPSA) is 61.2 Å². The maximum Gasteiger partial charge on any atom is 0.263 e. The summed E-state index contributed by atoms with van der Waals surface area (Å²) in [7, 11) is 1.61. The van der Waals surface area contributed by atoms with Gasteiger partial charge in [-0.2, -0.15) is 0 Å². The third-order valence-electron chi connectivity index (χ3n) is 5.06. The van der Waals surface area contributed by atoms with Gasteiger partial charge in [-0.25, -0.2) is 4.98 Å². The van der Waals surface area contributed by atoms with Gasteiger partial charge in [0.15, 0.2) is 10.9 Å².